The summed E-state index contributed by atoms with van der Waals surface area (Å²) in [5.41, 5.74) is 2.53. The van der Waals surface area contributed by atoms with Crippen LogP contribution in [0.1, 0.15) is 95.6 Å². The van der Waals surface area contributed by atoms with Crippen LogP contribution in [0, 0.1) is 0 Å². The highest BCUT2D eigenvalue weighted by atomic mass is 16.5. The van der Waals surface area contributed by atoms with E-state index < -0.39 is 23.4 Å². The molecule has 0 saturated carbocycles. The van der Waals surface area contributed by atoms with Crippen molar-refractivity contribution in [3.63, 3.8) is 0 Å². The number of carboxylic acid groups (broad SMARTS) is 1. The third-order valence-corrected chi connectivity index (χ3v) is 12.8. The number of aliphatic carboxylic acids is 1. The molecule has 2 aliphatic rings. The predicted molar refractivity (Wildman–Crippen MR) is 287 cm³/mol. The van der Waals surface area contributed by atoms with Crippen molar-refractivity contribution in [1.82, 2.24) is 69.5 Å². The molecule has 0 aliphatic carbocycles. The van der Waals surface area contributed by atoms with Crippen LogP contribution in [-0.4, -0.2) is 170 Å². The van der Waals surface area contributed by atoms with Gasteiger partial charge in [-0.2, -0.15) is 0 Å². The molecular formula is C54H64N14O9. The van der Waals surface area contributed by atoms with Crippen LogP contribution in [0.25, 0.3) is 33.4 Å². The molecule has 2 fully saturated rings. The van der Waals surface area contributed by atoms with E-state index in [4.69, 9.17) is 14.6 Å². The summed E-state index contributed by atoms with van der Waals surface area (Å²) in [5, 5.41) is 21.7. The lowest BCUT2D eigenvalue weighted by Crippen LogP contribution is -2.56. The van der Waals surface area contributed by atoms with Crippen molar-refractivity contribution in [3.05, 3.63) is 132 Å². The first-order valence-corrected chi connectivity index (χ1v) is 24.2. The maximum Gasteiger partial charge on any atom is 0.377 e. The van der Waals surface area contributed by atoms with Gasteiger partial charge in [-0.3, -0.25) is 24.0 Å². The number of hydrogen-bond donors (Lipinski definition) is 4. The molecule has 4 N–H and O–H groups in total. The number of ketones is 2. The number of carbonyl (C=O) groups excluding carboxylic acids is 5. The summed E-state index contributed by atoms with van der Waals surface area (Å²) in [6, 6.07) is 18.6. The van der Waals surface area contributed by atoms with E-state index >= 15 is 0 Å². The summed E-state index contributed by atoms with van der Waals surface area (Å²) < 4.78 is 13.7. The second-order valence-electron chi connectivity index (χ2n) is 17.5. The van der Waals surface area contributed by atoms with E-state index in [2.05, 4.69) is 52.3 Å². The molecule has 8 heterocycles. The fraction of sp³-hybridized carbons (Fsp3) is 0.333. The van der Waals surface area contributed by atoms with Crippen LogP contribution in [0.4, 0.5) is 0 Å². The molecular weight excluding hydrogens is 989 g/mol. The molecule has 23 nitrogen and oxygen atoms in total. The van der Waals surface area contributed by atoms with Crippen molar-refractivity contribution < 1.29 is 43.3 Å². The van der Waals surface area contributed by atoms with Crippen molar-refractivity contribution in [3.8, 4) is 23.1 Å². The van der Waals surface area contributed by atoms with E-state index in [-0.39, 0.29) is 63.0 Å². The minimum absolute atomic E-state index is 0. The summed E-state index contributed by atoms with van der Waals surface area (Å²) in [4.78, 5) is 103. The lowest BCUT2D eigenvalue weighted by molar-refractivity contribution is -0.132. The molecule has 0 bridgehead atoms. The summed E-state index contributed by atoms with van der Waals surface area (Å²) in [7, 11) is 2.90. The highest BCUT2D eigenvalue weighted by Gasteiger charge is 2.35. The molecule has 2 saturated heterocycles. The number of aromatic amines is 2. The number of carbonyl (C=O) groups is 6. The van der Waals surface area contributed by atoms with Gasteiger partial charge >= 0.3 is 5.97 Å². The zero-order valence-electron chi connectivity index (χ0n) is 42.2. The van der Waals surface area contributed by atoms with Crippen molar-refractivity contribution >= 4 is 57.1 Å². The fourth-order valence-electron chi connectivity index (χ4n) is 8.80. The Balaban J connectivity index is 0.000000205. The molecule has 2 atom stereocenters. The van der Waals surface area contributed by atoms with E-state index in [9.17, 15) is 28.8 Å². The molecule has 3 amide bonds. The Kier molecular flexibility index (Phi) is 18.9. The highest BCUT2D eigenvalue weighted by Crippen LogP contribution is 2.33. The Hall–Kier alpha value is -9.12. The molecule has 10 rings (SSSR count). The largest absolute Gasteiger partial charge is 0.494 e. The molecule has 77 heavy (non-hydrogen) atoms. The Morgan fingerprint density at radius 2 is 1.10 bits per heavy atom. The molecule has 6 aromatic heterocycles. The average Bonchev–Trinajstić information content (AvgIpc) is 4.31. The minimum Gasteiger partial charge on any atom is -0.494 e. The second kappa shape index (κ2) is 25.4. The van der Waals surface area contributed by atoms with Gasteiger partial charge in [-0.05, 0) is 38.1 Å². The van der Waals surface area contributed by atoms with E-state index in [0.29, 0.717) is 81.5 Å². The van der Waals surface area contributed by atoms with Crippen molar-refractivity contribution in [1.29, 1.82) is 0 Å². The third kappa shape index (κ3) is 12.0. The van der Waals surface area contributed by atoms with Gasteiger partial charge in [-0.25, -0.2) is 34.1 Å². The van der Waals surface area contributed by atoms with Crippen molar-refractivity contribution in [2.75, 3.05) is 53.5 Å². The number of piperazine rings is 2. The molecule has 0 unspecified atom stereocenters. The number of H-pyrrole nitrogens is 2. The Morgan fingerprint density at radius 3 is 1.52 bits per heavy atom. The van der Waals surface area contributed by atoms with Gasteiger partial charge in [-0.1, -0.05) is 65.1 Å². The number of carboxylic acids is 1. The van der Waals surface area contributed by atoms with Crippen LogP contribution >= 0.6 is 0 Å². The van der Waals surface area contributed by atoms with E-state index in [1.807, 2.05) is 74.2 Å². The molecule has 2 aliphatic heterocycles. The van der Waals surface area contributed by atoms with Gasteiger partial charge in [0.25, 0.3) is 29.3 Å². The van der Waals surface area contributed by atoms with Gasteiger partial charge in [0.2, 0.25) is 0 Å². The summed E-state index contributed by atoms with van der Waals surface area (Å²) in [6.45, 7) is 11.3. The van der Waals surface area contributed by atoms with Crippen LogP contribution in [0.5, 0.6) is 11.5 Å². The van der Waals surface area contributed by atoms with Gasteiger partial charge in [-0.15, -0.1) is 10.2 Å². The van der Waals surface area contributed by atoms with E-state index in [0.717, 1.165) is 25.2 Å². The zero-order chi connectivity index (χ0) is 53.3. The van der Waals surface area contributed by atoms with Crippen LogP contribution in [0.15, 0.2) is 98.1 Å². The number of aromatic nitrogens is 10. The number of pyridine rings is 2. The van der Waals surface area contributed by atoms with Crippen LogP contribution in [-0.2, 0) is 22.4 Å². The Labute approximate surface area is 444 Å². The van der Waals surface area contributed by atoms with Gasteiger partial charge in [0, 0.05) is 87.7 Å². The minimum atomic E-state index is -1.54. The van der Waals surface area contributed by atoms with E-state index in [1.54, 1.807) is 23.4 Å². The lowest BCUT2D eigenvalue weighted by Gasteiger charge is -2.39. The first kappa shape index (κ1) is 57.2. The third-order valence-electron chi connectivity index (χ3n) is 12.8. The van der Waals surface area contributed by atoms with Crippen LogP contribution < -0.4 is 14.8 Å². The number of nitrogens with one attached hydrogen (secondary N) is 3. The number of nitrogens with zero attached hydrogens (tertiary/aromatic N) is 11. The zero-order valence-corrected chi connectivity index (χ0v) is 42.2. The van der Waals surface area contributed by atoms with Gasteiger partial charge in [0.1, 0.15) is 24.2 Å². The average molecular weight is 1050 g/mol. The molecule has 404 valence electrons. The molecule has 2 aromatic carbocycles. The normalized spacial score (nSPS) is 15.0. The molecule has 8 aromatic rings. The number of benzene rings is 2. The number of aryl methyl sites for hydroxylation is 2. The number of ether oxygens (including phenoxy) is 2. The molecule has 23 heteroatoms. The standard InChI is InChI=1S/C26H27N7O4.C14H13N5O4.C12H16N2O.2CH4/c1-4-20-29-15-33(30-20)24-22-21(19(37-3)13-28-24)18(12-27-22)23(34)26(36)31-10-11-32(16(2)14-31)25(35)17-8-6-5-7-9-17;1-3-9-17-6-19(18-9)13-11-10(8(23-2)5-16-13)7(4-15-11)12(20)14(21)22;1-10-9-13-7-8-14(10)12(15)11-5-3-2-4-6-11;;/h5-9,12-13,15-16,27H,4,10-11,14H2,1-3H3;4-6,15H,3H2,1-2H3,(H,21,22);2-6,10,13H,7-9H2,1H3;2*1H4/t16-;;10-;;/m1.1../s1. The van der Waals surface area contributed by atoms with Crippen LogP contribution in [0.2, 0.25) is 0 Å². The number of hydrogen-bond acceptors (Lipinski definition) is 15. The Bertz CT molecular complexity index is 3370. The number of fused-ring (bicyclic) bond motifs is 2. The number of amides is 3. The lowest BCUT2D eigenvalue weighted by atomic mass is 10.1. The van der Waals surface area contributed by atoms with Crippen molar-refractivity contribution in [2.24, 2.45) is 0 Å². The highest BCUT2D eigenvalue weighted by molar-refractivity contribution is 6.45. The van der Waals surface area contributed by atoms with E-state index in [1.165, 1.54) is 59.6 Å². The number of Topliss-reactive ketones (excluding diaryl/α,β-unsaturated/α-hetero) is 2. The Morgan fingerprint density at radius 1 is 0.636 bits per heavy atom. The summed E-state index contributed by atoms with van der Waals surface area (Å²) in [6.07, 6.45) is 10.1. The quantitative estimate of drug-likeness (QED) is 0.0850. The van der Waals surface area contributed by atoms with Crippen molar-refractivity contribution in [2.45, 2.75) is 67.5 Å². The predicted octanol–water partition coefficient (Wildman–Crippen LogP) is 5.65. The topological polar surface area (TPSA) is 282 Å². The first-order chi connectivity index (χ1) is 36.3. The maximum atomic E-state index is 13.4. The number of methoxy groups -OCH3 is 2. The fourth-order valence-corrected chi connectivity index (χ4v) is 8.80. The van der Waals surface area contributed by atoms with Gasteiger partial charge in [0.15, 0.2) is 23.3 Å². The van der Waals surface area contributed by atoms with Gasteiger partial charge < -0.3 is 44.6 Å². The smallest absolute Gasteiger partial charge is 0.377 e. The first-order valence-electron chi connectivity index (χ1n) is 24.2. The number of rotatable bonds is 12. The van der Waals surface area contributed by atoms with Crippen LogP contribution in [0.3, 0.4) is 0 Å². The van der Waals surface area contributed by atoms with Gasteiger partial charge in [0.05, 0.1) is 59.5 Å². The maximum absolute atomic E-state index is 13.4. The summed E-state index contributed by atoms with van der Waals surface area (Å²) >= 11 is 0. The SMILES string of the molecule is C.C.CCc1ncn(-c2ncc(OC)c3c(C(=O)C(=O)N4CCN(C(=O)c5ccccc5)[C@H](C)C4)c[nH]c23)n1.CCc1ncn(-c2ncc(OC)c3c(C(=O)C(=O)O)c[nH]c23)n1.C[C@@H]1CNCCN1C(=O)c1ccccc1. The monoisotopic (exact) mass is 1050 g/mol. The second-order valence-corrected chi connectivity index (χ2v) is 17.5. The molecule has 0 radical (unpaired) electrons. The summed E-state index contributed by atoms with van der Waals surface area (Å²) in [5.74, 6) is -1.01. The molecule has 0 spiro atoms.